The van der Waals surface area contributed by atoms with E-state index in [1.807, 2.05) is 24.3 Å². The third kappa shape index (κ3) is 6.30. The molecule has 0 aromatic heterocycles. The van der Waals surface area contributed by atoms with Gasteiger partial charge in [0.2, 0.25) is 5.91 Å². The van der Waals surface area contributed by atoms with Gasteiger partial charge in [0.1, 0.15) is 11.8 Å². The number of aliphatic carboxylic acids is 1. The Morgan fingerprint density at radius 3 is 2.57 bits per heavy atom. The van der Waals surface area contributed by atoms with Crippen LogP contribution in [0.3, 0.4) is 0 Å². The number of ether oxygens (including phenoxy) is 1. The summed E-state index contributed by atoms with van der Waals surface area (Å²) in [6.07, 6.45) is 4.55. The topological polar surface area (TPSA) is 75.6 Å². The van der Waals surface area contributed by atoms with Crippen molar-refractivity contribution in [3.05, 3.63) is 29.8 Å². The molecule has 0 saturated heterocycles. The SMILES string of the molecule is CCCOc1ccc(CCC(=O)NC(CC2CC2)C(=O)O)cc1. The number of hydrogen-bond acceptors (Lipinski definition) is 3. The Balaban J connectivity index is 1.75. The van der Waals surface area contributed by atoms with E-state index in [1.54, 1.807) is 0 Å². The molecule has 5 nitrogen and oxygen atoms in total. The highest BCUT2D eigenvalue weighted by Gasteiger charge is 2.29. The van der Waals surface area contributed by atoms with Gasteiger partial charge >= 0.3 is 5.97 Å². The molecule has 1 saturated carbocycles. The van der Waals surface area contributed by atoms with Gasteiger partial charge in [-0.05, 0) is 42.9 Å². The Bertz CT molecular complexity index is 522. The summed E-state index contributed by atoms with van der Waals surface area (Å²) in [5.74, 6) is 0.148. The van der Waals surface area contributed by atoms with Gasteiger partial charge in [0.15, 0.2) is 0 Å². The van der Waals surface area contributed by atoms with Crippen molar-refractivity contribution in [2.24, 2.45) is 5.92 Å². The molecule has 1 unspecified atom stereocenters. The summed E-state index contributed by atoms with van der Waals surface area (Å²) < 4.78 is 5.51. The molecule has 1 atom stereocenters. The van der Waals surface area contributed by atoms with Gasteiger partial charge in [0, 0.05) is 6.42 Å². The number of nitrogens with one attached hydrogen (secondary N) is 1. The van der Waals surface area contributed by atoms with E-state index in [2.05, 4.69) is 12.2 Å². The predicted octanol–water partition coefficient (Wildman–Crippen LogP) is 2.78. The Morgan fingerprint density at radius 2 is 2.00 bits per heavy atom. The van der Waals surface area contributed by atoms with Crippen molar-refractivity contribution in [2.75, 3.05) is 6.61 Å². The molecule has 2 N–H and O–H groups in total. The van der Waals surface area contributed by atoms with E-state index >= 15 is 0 Å². The lowest BCUT2D eigenvalue weighted by molar-refractivity contribution is -0.142. The van der Waals surface area contributed by atoms with Gasteiger partial charge in [-0.3, -0.25) is 4.79 Å². The zero-order valence-corrected chi connectivity index (χ0v) is 13.6. The molecule has 0 aliphatic heterocycles. The molecule has 1 aromatic carbocycles. The average molecular weight is 319 g/mol. The van der Waals surface area contributed by atoms with E-state index in [4.69, 9.17) is 9.84 Å². The highest BCUT2D eigenvalue weighted by molar-refractivity contribution is 5.83. The second-order valence-electron chi connectivity index (χ2n) is 6.13. The van der Waals surface area contributed by atoms with E-state index in [1.165, 1.54) is 0 Å². The fourth-order valence-corrected chi connectivity index (χ4v) is 2.40. The van der Waals surface area contributed by atoms with Crippen molar-refractivity contribution in [3.63, 3.8) is 0 Å². The number of aryl methyl sites for hydroxylation is 1. The minimum Gasteiger partial charge on any atom is -0.494 e. The van der Waals surface area contributed by atoms with Crippen LogP contribution in [0.1, 0.15) is 44.6 Å². The molecule has 5 heteroatoms. The Hall–Kier alpha value is -2.04. The lowest BCUT2D eigenvalue weighted by Crippen LogP contribution is -2.41. The van der Waals surface area contributed by atoms with Crippen LogP contribution in [0.4, 0.5) is 0 Å². The number of benzene rings is 1. The van der Waals surface area contributed by atoms with Crippen LogP contribution < -0.4 is 10.1 Å². The Labute approximate surface area is 137 Å². The molecule has 1 aliphatic carbocycles. The third-order valence-corrected chi connectivity index (χ3v) is 3.94. The first-order chi connectivity index (χ1) is 11.1. The number of rotatable bonds is 10. The monoisotopic (exact) mass is 319 g/mol. The number of carbonyl (C=O) groups excluding carboxylic acids is 1. The summed E-state index contributed by atoms with van der Waals surface area (Å²) >= 11 is 0. The summed E-state index contributed by atoms with van der Waals surface area (Å²) in [4.78, 5) is 23.1. The second-order valence-corrected chi connectivity index (χ2v) is 6.13. The first-order valence-corrected chi connectivity index (χ1v) is 8.32. The van der Waals surface area contributed by atoms with Crippen molar-refractivity contribution in [1.82, 2.24) is 5.32 Å². The number of amides is 1. The van der Waals surface area contributed by atoms with Crippen LogP contribution in [0, 0.1) is 5.92 Å². The average Bonchev–Trinajstić information content (AvgIpc) is 3.35. The van der Waals surface area contributed by atoms with Crippen LogP contribution >= 0.6 is 0 Å². The highest BCUT2D eigenvalue weighted by atomic mass is 16.5. The molecule has 1 amide bonds. The standard InChI is InChI=1S/C18H25NO4/c1-2-11-23-15-8-5-13(6-9-15)7-10-17(20)19-16(18(21)22)12-14-3-4-14/h5-6,8-9,14,16H,2-4,7,10-12H2,1H3,(H,19,20)(H,21,22). The Kier molecular flexibility index (Phi) is 6.44. The first kappa shape index (κ1) is 17.3. The Morgan fingerprint density at radius 1 is 1.30 bits per heavy atom. The molecule has 126 valence electrons. The van der Waals surface area contributed by atoms with Crippen LogP contribution in [-0.4, -0.2) is 29.6 Å². The van der Waals surface area contributed by atoms with Crippen LogP contribution in [-0.2, 0) is 16.0 Å². The maximum absolute atomic E-state index is 11.9. The molecular weight excluding hydrogens is 294 g/mol. The van der Waals surface area contributed by atoms with E-state index in [0.717, 1.165) is 30.6 Å². The van der Waals surface area contributed by atoms with Gasteiger partial charge < -0.3 is 15.2 Å². The molecule has 0 radical (unpaired) electrons. The van der Waals surface area contributed by atoms with Crippen LogP contribution in [0.2, 0.25) is 0 Å². The summed E-state index contributed by atoms with van der Waals surface area (Å²) in [6.45, 7) is 2.75. The number of carbonyl (C=O) groups is 2. The van der Waals surface area contributed by atoms with Gasteiger partial charge in [0.25, 0.3) is 0 Å². The van der Waals surface area contributed by atoms with Crippen molar-refractivity contribution < 1.29 is 19.4 Å². The minimum atomic E-state index is -0.942. The minimum absolute atomic E-state index is 0.204. The summed E-state index contributed by atoms with van der Waals surface area (Å²) in [7, 11) is 0. The zero-order valence-electron chi connectivity index (χ0n) is 13.6. The fourth-order valence-electron chi connectivity index (χ4n) is 2.40. The summed E-state index contributed by atoms with van der Waals surface area (Å²) in [5.41, 5.74) is 1.04. The lowest BCUT2D eigenvalue weighted by Gasteiger charge is -2.14. The number of carboxylic acids is 1. The molecule has 1 aliphatic rings. The van der Waals surface area contributed by atoms with E-state index in [0.29, 0.717) is 31.8 Å². The zero-order chi connectivity index (χ0) is 16.7. The number of hydrogen-bond donors (Lipinski definition) is 2. The first-order valence-electron chi connectivity index (χ1n) is 8.32. The smallest absolute Gasteiger partial charge is 0.326 e. The van der Waals surface area contributed by atoms with E-state index in [9.17, 15) is 9.59 Å². The van der Waals surface area contributed by atoms with Gasteiger partial charge in [-0.2, -0.15) is 0 Å². The molecule has 1 fully saturated rings. The highest BCUT2D eigenvalue weighted by Crippen LogP contribution is 2.33. The van der Waals surface area contributed by atoms with Crippen LogP contribution in [0.25, 0.3) is 0 Å². The quantitative estimate of drug-likeness (QED) is 0.695. The molecule has 0 bridgehead atoms. The second kappa shape index (κ2) is 8.56. The predicted molar refractivity (Wildman–Crippen MR) is 87.5 cm³/mol. The van der Waals surface area contributed by atoms with Crippen molar-refractivity contribution in [1.29, 1.82) is 0 Å². The molecule has 23 heavy (non-hydrogen) atoms. The van der Waals surface area contributed by atoms with Crippen molar-refractivity contribution in [3.8, 4) is 5.75 Å². The number of carboxylic acid groups (broad SMARTS) is 1. The normalized spacial score (nSPS) is 15.0. The molecule has 2 rings (SSSR count). The third-order valence-electron chi connectivity index (χ3n) is 3.94. The maximum atomic E-state index is 11.9. The van der Waals surface area contributed by atoms with Crippen molar-refractivity contribution >= 4 is 11.9 Å². The molecule has 1 aromatic rings. The van der Waals surface area contributed by atoms with Gasteiger partial charge in [-0.15, -0.1) is 0 Å². The fraction of sp³-hybridized carbons (Fsp3) is 0.556. The summed E-state index contributed by atoms with van der Waals surface area (Å²) in [5, 5.41) is 11.8. The molecular formula is C18H25NO4. The maximum Gasteiger partial charge on any atom is 0.326 e. The largest absolute Gasteiger partial charge is 0.494 e. The van der Waals surface area contributed by atoms with Crippen molar-refractivity contribution in [2.45, 2.75) is 51.5 Å². The van der Waals surface area contributed by atoms with Crippen LogP contribution in [0.15, 0.2) is 24.3 Å². The molecule has 0 spiro atoms. The van der Waals surface area contributed by atoms with Gasteiger partial charge in [0.05, 0.1) is 6.61 Å². The lowest BCUT2D eigenvalue weighted by atomic mass is 10.1. The van der Waals surface area contributed by atoms with E-state index < -0.39 is 12.0 Å². The van der Waals surface area contributed by atoms with Crippen LogP contribution in [0.5, 0.6) is 5.75 Å². The van der Waals surface area contributed by atoms with E-state index in [-0.39, 0.29) is 5.91 Å². The summed E-state index contributed by atoms with van der Waals surface area (Å²) in [6, 6.07) is 6.93. The van der Waals surface area contributed by atoms with Gasteiger partial charge in [-0.25, -0.2) is 4.79 Å². The van der Waals surface area contributed by atoms with Gasteiger partial charge in [-0.1, -0.05) is 31.9 Å². The molecule has 0 heterocycles.